The van der Waals surface area contributed by atoms with Gasteiger partial charge in [0.1, 0.15) is 18.5 Å². The third-order valence-electron chi connectivity index (χ3n) is 7.22. The highest BCUT2D eigenvalue weighted by molar-refractivity contribution is 9.10. The van der Waals surface area contributed by atoms with Crippen molar-refractivity contribution in [3.8, 4) is 5.75 Å². The molecule has 0 bridgehead atoms. The minimum Gasteiger partial charge on any atom is -0.491 e. The number of halogens is 1. The van der Waals surface area contributed by atoms with Gasteiger partial charge in [0.25, 0.3) is 0 Å². The van der Waals surface area contributed by atoms with Gasteiger partial charge in [0.2, 0.25) is 20.0 Å². The van der Waals surface area contributed by atoms with Crippen molar-refractivity contribution in [1.29, 1.82) is 0 Å². The van der Waals surface area contributed by atoms with Crippen LogP contribution in [-0.4, -0.2) is 76.8 Å². The SMILES string of the molecule is Cc1cc(S(=O)(=O)N2CCC3(CC2)C[C@H](NCC(O)COc2cccc(S(N)(=O)=O)c2C)CO3)ccc1Br. The zero-order valence-electron chi connectivity index (χ0n) is 21.4. The summed E-state index contributed by atoms with van der Waals surface area (Å²) >= 11 is 3.41. The fraction of sp³-hybridized carbons (Fsp3) is 0.520. The molecule has 13 heteroatoms. The number of benzene rings is 2. The number of hydrogen-bond donors (Lipinski definition) is 3. The number of aliphatic hydroxyl groups excluding tert-OH is 1. The van der Waals surface area contributed by atoms with Gasteiger partial charge < -0.3 is 19.9 Å². The highest BCUT2D eigenvalue weighted by Crippen LogP contribution is 2.37. The van der Waals surface area contributed by atoms with Crippen molar-refractivity contribution >= 4 is 36.0 Å². The summed E-state index contributed by atoms with van der Waals surface area (Å²) in [5, 5.41) is 19.0. The fourth-order valence-corrected chi connectivity index (χ4v) is 7.56. The first-order valence-corrected chi connectivity index (χ1v) is 16.2. The van der Waals surface area contributed by atoms with Gasteiger partial charge in [0.15, 0.2) is 0 Å². The predicted molar refractivity (Wildman–Crippen MR) is 146 cm³/mol. The molecule has 0 saturated carbocycles. The Morgan fingerprint density at radius 1 is 1.21 bits per heavy atom. The topological polar surface area (TPSA) is 148 Å². The van der Waals surface area contributed by atoms with Crippen LogP contribution >= 0.6 is 15.9 Å². The van der Waals surface area contributed by atoms with Gasteiger partial charge in [-0.1, -0.05) is 22.0 Å². The van der Waals surface area contributed by atoms with Crippen LogP contribution in [0.4, 0.5) is 0 Å². The molecule has 2 heterocycles. The fourth-order valence-electron chi connectivity index (χ4n) is 4.99. The summed E-state index contributed by atoms with van der Waals surface area (Å²) in [5.41, 5.74) is 0.878. The number of piperidine rings is 1. The van der Waals surface area contributed by atoms with Gasteiger partial charge in [-0.05, 0) is 69.0 Å². The molecule has 2 aliphatic heterocycles. The highest BCUT2D eigenvalue weighted by atomic mass is 79.9. The molecule has 2 fully saturated rings. The first-order valence-electron chi connectivity index (χ1n) is 12.4. The van der Waals surface area contributed by atoms with Crippen LogP contribution in [0.15, 0.2) is 50.7 Å². The van der Waals surface area contributed by atoms with E-state index in [0.29, 0.717) is 48.7 Å². The minimum absolute atomic E-state index is 0.0122. The maximum absolute atomic E-state index is 13.1. The van der Waals surface area contributed by atoms with Crippen molar-refractivity contribution in [2.45, 2.75) is 60.6 Å². The highest BCUT2D eigenvalue weighted by Gasteiger charge is 2.44. The van der Waals surface area contributed by atoms with E-state index in [1.165, 1.54) is 10.4 Å². The van der Waals surface area contributed by atoms with E-state index in [9.17, 15) is 21.9 Å². The maximum atomic E-state index is 13.1. The monoisotopic (exact) mass is 631 g/mol. The molecule has 4 rings (SSSR count). The van der Waals surface area contributed by atoms with Gasteiger partial charge in [0.05, 0.1) is 22.0 Å². The summed E-state index contributed by atoms with van der Waals surface area (Å²) in [6.07, 6.45) is 1.10. The van der Waals surface area contributed by atoms with Gasteiger partial charge in [-0.15, -0.1) is 0 Å². The lowest BCUT2D eigenvalue weighted by atomic mass is 9.88. The van der Waals surface area contributed by atoms with Crippen molar-refractivity contribution in [2.75, 3.05) is 32.8 Å². The van der Waals surface area contributed by atoms with Gasteiger partial charge in [-0.3, -0.25) is 0 Å². The predicted octanol–water partition coefficient (Wildman–Crippen LogP) is 2.06. The molecular weight excluding hydrogens is 598 g/mol. The molecule has 2 aromatic rings. The number of nitrogens with zero attached hydrogens (tertiary/aromatic N) is 1. The van der Waals surface area contributed by atoms with Crippen LogP contribution in [0.5, 0.6) is 5.75 Å². The van der Waals surface area contributed by atoms with E-state index in [0.717, 1.165) is 16.5 Å². The summed E-state index contributed by atoms with van der Waals surface area (Å²) in [4.78, 5) is 0.283. The Bertz CT molecular complexity index is 1380. The van der Waals surface area contributed by atoms with Crippen molar-refractivity contribution in [2.24, 2.45) is 5.14 Å². The molecule has 0 radical (unpaired) electrons. The number of primary sulfonamides is 1. The average Bonchev–Trinajstić information content (AvgIpc) is 3.25. The van der Waals surface area contributed by atoms with Crippen molar-refractivity contribution in [3.05, 3.63) is 52.0 Å². The number of nitrogens with two attached hydrogens (primary N) is 1. The molecular formula is C25H34BrN3O7S2. The van der Waals surface area contributed by atoms with E-state index in [1.54, 1.807) is 37.3 Å². The number of sulfonamides is 2. The molecule has 2 aromatic carbocycles. The van der Waals surface area contributed by atoms with Gasteiger partial charge in [-0.2, -0.15) is 4.31 Å². The lowest BCUT2D eigenvalue weighted by Crippen LogP contribution is -2.47. The Morgan fingerprint density at radius 3 is 2.58 bits per heavy atom. The second-order valence-corrected chi connectivity index (χ2v) is 14.3. The molecule has 0 aromatic heterocycles. The second-order valence-electron chi connectivity index (χ2n) is 10.0. The molecule has 2 aliphatic rings. The number of aryl methyl sites for hydroxylation is 1. The third-order valence-corrected chi connectivity index (χ3v) is 11.1. The first-order chi connectivity index (χ1) is 17.8. The van der Waals surface area contributed by atoms with Gasteiger partial charge in [-0.25, -0.2) is 22.0 Å². The zero-order chi connectivity index (χ0) is 27.7. The number of hydrogen-bond acceptors (Lipinski definition) is 8. The van der Waals surface area contributed by atoms with Crippen LogP contribution in [0.3, 0.4) is 0 Å². The quantitative estimate of drug-likeness (QED) is 0.381. The Hall–Kier alpha value is -1.58. The number of aliphatic hydroxyl groups is 1. The van der Waals surface area contributed by atoms with E-state index >= 15 is 0 Å². The standard InChI is InChI=1S/C25H34BrN3O7S2/c1-17-12-21(6-7-22(17)26)38(33,34)29-10-8-25(9-11-29)13-19(15-36-25)28-14-20(30)16-35-23-4-3-5-24(18(23)2)37(27,31)32/h3-7,12,19-20,28,30H,8-11,13-16H2,1-2H3,(H2,27,31,32)/t19-,20?/m0/s1. The Balaban J connectivity index is 1.25. The summed E-state index contributed by atoms with van der Waals surface area (Å²) < 4.78 is 63.8. The smallest absolute Gasteiger partial charge is 0.243 e. The third kappa shape index (κ3) is 6.58. The molecule has 1 unspecified atom stereocenters. The van der Waals surface area contributed by atoms with Crippen molar-refractivity contribution in [1.82, 2.24) is 9.62 Å². The lowest BCUT2D eigenvalue weighted by Gasteiger charge is -2.38. The molecule has 10 nitrogen and oxygen atoms in total. The summed E-state index contributed by atoms with van der Waals surface area (Å²) in [5.74, 6) is 0.346. The van der Waals surface area contributed by atoms with E-state index in [2.05, 4.69) is 21.2 Å². The number of ether oxygens (including phenoxy) is 2. The first kappa shape index (κ1) is 29.4. The van der Waals surface area contributed by atoms with Gasteiger partial charge >= 0.3 is 0 Å². The lowest BCUT2D eigenvalue weighted by molar-refractivity contribution is -0.0312. The van der Waals surface area contributed by atoms with E-state index in [4.69, 9.17) is 14.6 Å². The maximum Gasteiger partial charge on any atom is 0.243 e. The van der Waals surface area contributed by atoms with Crippen LogP contribution < -0.4 is 15.2 Å². The van der Waals surface area contributed by atoms with Crippen molar-refractivity contribution in [3.63, 3.8) is 0 Å². The summed E-state index contributed by atoms with van der Waals surface area (Å²) in [7, 11) is -7.44. The van der Waals surface area contributed by atoms with E-state index < -0.39 is 26.2 Å². The van der Waals surface area contributed by atoms with Crippen LogP contribution in [0.1, 0.15) is 30.4 Å². The number of rotatable bonds is 9. The van der Waals surface area contributed by atoms with Crippen molar-refractivity contribution < 1.29 is 31.4 Å². The largest absolute Gasteiger partial charge is 0.491 e. The van der Waals surface area contributed by atoms with Crippen LogP contribution in [0, 0.1) is 13.8 Å². The summed E-state index contributed by atoms with van der Waals surface area (Å²) in [6.45, 7) is 4.95. The summed E-state index contributed by atoms with van der Waals surface area (Å²) in [6, 6.07) is 9.66. The zero-order valence-corrected chi connectivity index (χ0v) is 24.6. The molecule has 1 spiro atoms. The molecule has 2 atom stereocenters. The van der Waals surface area contributed by atoms with E-state index in [1.807, 2.05) is 6.92 Å². The normalized spacial score (nSPS) is 21.0. The van der Waals surface area contributed by atoms with Crippen LogP contribution in [0.25, 0.3) is 0 Å². The molecule has 0 aliphatic carbocycles. The minimum atomic E-state index is -3.87. The van der Waals surface area contributed by atoms with Gasteiger partial charge in [0, 0.05) is 35.7 Å². The van der Waals surface area contributed by atoms with Crippen LogP contribution in [0.2, 0.25) is 0 Å². The molecule has 210 valence electrons. The van der Waals surface area contributed by atoms with E-state index in [-0.39, 0.29) is 29.7 Å². The molecule has 4 N–H and O–H groups in total. The Labute approximate surface area is 232 Å². The average molecular weight is 633 g/mol. The molecule has 0 amide bonds. The number of nitrogens with one attached hydrogen (secondary N) is 1. The molecule has 38 heavy (non-hydrogen) atoms. The second kappa shape index (κ2) is 11.5. The van der Waals surface area contributed by atoms with Crippen LogP contribution in [-0.2, 0) is 24.8 Å². The molecule has 2 saturated heterocycles. The Morgan fingerprint density at radius 2 is 1.92 bits per heavy atom. The Kier molecular flexibility index (Phi) is 8.89.